The zero-order chi connectivity index (χ0) is 15.6. The van der Waals surface area contributed by atoms with Crippen LogP contribution in [0.2, 0.25) is 0 Å². The number of rotatable bonds is 5. The van der Waals surface area contributed by atoms with E-state index in [1.165, 1.54) is 12.1 Å². The summed E-state index contributed by atoms with van der Waals surface area (Å²) in [4.78, 5) is 11.3. The number of nitrogens with two attached hydrogens (primary N) is 1. The van der Waals surface area contributed by atoms with Crippen LogP contribution >= 0.6 is 12.4 Å². The van der Waals surface area contributed by atoms with Crippen molar-refractivity contribution < 1.29 is 22.0 Å². The molecule has 1 aromatic rings. The molecule has 0 unspecified atom stereocenters. The van der Waals surface area contributed by atoms with Gasteiger partial charge in [-0.1, -0.05) is 0 Å². The van der Waals surface area contributed by atoms with Crippen LogP contribution < -0.4 is 11.1 Å². The second-order valence-corrected chi connectivity index (χ2v) is 6.79. The van der Waals surface area contributed by atoms with Gasteiger partial charge in [0.05, 0.1) is 4.90 Å². The van der Waals surface area contributed by atoms with Crippen LogP contribution in [0, 0.1) is 0 Å². The summed E-state index contributed by atoms with van der Waals surface area (Å²) in [7, 11) is -4.64. The van der Waals surface area contributed by atoms with E-state index in [1.54, 1.807) is 13.8 Å². The minimum atomic E-state index is -4.64. The van der Waals surface area contributed by atoms with Crippen molar-refractivity contribution in [1.82, 2.24) is 5.32 Å². The summed E-state index contributed by atoms with van der Waals surface area (Å²) < 4.78 is 47.1. The molecule has 0 bridgehead atoms. The van der Waals surface area contributed by atoms with E-state index in [0.717, 1.165) is 12.1 Å². The van der Waals surface area contributed by atoms with Crippen molar-refractivity contribution in [3.05, 3.63) is 29.8 Å². The first-order chi connectivity index (χ1) is 9.10. The molecule has 0 aliphatic rings. The van der Waals surface area contributed by atoms with Gasteiger partial charge in [0, 0.05) is 17.6 Å². The van der Waals surface area contributed by atoms with Crippen LogP contribution in [-0.2, 0) is 9.84 Å². The largest absolute Gasteiger partial charge is 0.346 e. The lowest BCUT2D eigenvalue weighted by molar-refractivity contribution is 0.0915. The maximum Gasteiger partial charge on any atom is 0.341 e. The van der Waals surface area contributed by atoms with Crippen LogP contribution in [0.25, 0.3) is 0 Å². The molecule has 1 aromatic carbocycles. The summed E-state index contributed by atoms with van der Waals surface area (Å²) in [5.74, 6) is -3.94. The summed E-state index contributed by atoms with van der Waals surface area (Å²) in [6.45, 7) is 3.66. The fourth-order valence-electron chi connectivity index (χ4n) is 1.33. The van der Waals surface area contributed by atoms with Gasteiger partial charge in [-0.3, -0.25) is 4.79 Å². The van der Waals surface area contributed by atoms with Crippen LogP contribution in [0.3, 0.4) is 0 Å². The molecule has 9 heteroatoms. The highest BCUT2D eigenvalue weighted by molar-refractivity contribution is 7.91. The lowest BCUT2D eigenvalue weighted by Crippen LogP contribution is -2.48. The van der Waals surface area contributed by atoms with Crippen LogP contribution in [0.1, 0.15) is 24.2 Å². The fourth-order valence-corrected chi connectivity index (χ4v) is 2.05. The molecule has 5 nitrogen and oxygen atoms in total. The van der Waals surface area contributed by atoms with E-state index in [0.29, 0.717) is 0 Å². The van der Waals surface area contributed by atoms with E-state index in [9.17, 15) is 22.0 Å². The second kappa shape index (κ2) is 7.15. The highest BCUT2D eigenvalue weighted by Gasteiger charge is 2.26. The van der Waals surface area contributed by atoms with Crippen molar-refractivity contribution in [2.45, 2.75) is 30.0 Å². The molecular weight excluding hydrogens is 326 g/mol. The van der Waals surface area contributed by atoms with Crippen molar-refractivity contribution in [2.75, 3.05) is 6.54 Å². The third-order valence-corrected chi connectivity index (χ3v) is 4.04. The van der Waals surface area contributed by atoms with Gasteiger partial charge in [-0.05, 0) is 38.1 Å². The van der Waals surface area contributed by atoms with Crippen LogP contribution in [0.4, 0.5) is 8.78 Å². The molecule has 0 fully saturated rings. The Morgan fingerprint density at radius 3 is 2.14 bits per heavy atom. The highest BCUT2D eigenvalue weighted by atomic mass is 35.5. The lowest BCUT2D eigenvalue weighted by atomic mass is 10.1. The third-order valence-electron chi connectivity index (χ3n) is 2.64. The molecule has 0 aliphatic heterocycles. The highest BCUT2D eigenvalue weighted by Crippen LogP contribution is 2.18. The van der Waals surface area contributed by atoms with Gasteiger partial charge >= 0.3 is 5.76 Å². The molecule has 0 saturated heterocycles. The van der Waals surface area contributed by atoms with Gasteiger partial charge in [-0.15, -0.1) is 12.4 Å². The average molecular weight is 343 g/mol. The van der Waals surface area contributed by atoms with E-state index < -0.39 is 31.9 Å². The van der Waals surface area contributed by atoms with Crippen molar-refractivity contribution in [2.24, 2.45) is 5.73 Å². The third kappa shape index (κ3) is 4.90. The summed E-state index contributed by atoms with van der Waals surface area (Å²) in [6, 6.07) is 4.31. The number of hydrogen-bond acceptors (Lipinski definition) is 4. The Balaban J connectivity index is 0.00000400. The molecule has 0 spiro atoms. The Labute approximate surface area is 128 Å². The zero-order valence-electron chi connectivity index (χ0n) is 11.5. The van der Waals surface area contributed by atoms with E-state index in [4.69, 9.17) is 5.73 Å². The Kier molecular flexibility index (Phi) is 6.72. The Hall–Kier alpha value is -1.25. The van der Waals surface area contributed by atoms with Crippen molar-refractivity contribution in [3.63, 3.8) is 0 Å². The predicted octanol–water partition coefficient (Wildman–Crippen LogP) is 1.57. The van der Waals surface area contributed by atoms with Crippen LogP contribution in [0.5, 0.6) is 0 Å². The maximum atomic E-state index is 12.3. The van der Waals surface area contributed by atoms with Crippen molar-refractivity contribution in [3.8, 4) is 0 Å². The van der Waals surface area contributed by atoms with Gasteiger partial charge in [0.25, 0.3) is 5.91 Å². The standard InChI is InChI=1S/C12H16F2N2O3S.ClH/c1-12(2,7-15)16-10(17)8-3-5-9(6-4-8)20(18,19)11(13)14;/h3-6,11H,7,15H2,1-2H3,(H,16,17);1H. The topological polar surface area (TPSA) is 89.3 Å². The number of nitrogens with one attached hydrogen (secondary N) is 1. The molecule has 0 aliphatic carbocycles. The number of sulfone groups is 1. The van der Waals surface area contributed by atoms with Crippen LogP contribution in [0.15, 0.2) is 29.2 Å². The van der Waals surface area contributed by atoms with Crippen molar-refractivity contribution in [1.29, 1.82) is 0 Å². The Bertz CT molecular complexity index is 589. The van der Waals surface area contributed by atoms with Gasteiger partial charge in [-0.25, -0.2) is 8.42 Å². The number of hydrogen-bond donors (Lipinski definition) is 2. The first kappa shape index (κ1) is 19.8. The molecule has 0 aromatic heterocycles. The van der Waals surface area contributed by atoms with Gasteiger partial charge in [0.2, 0.25) is 9.84 Å². The zero-order valence-corrected chi connectivity index (χ0v) is 13.1. The molecule has 1 rings (SSSR count). The fraction of sp³-hybridized carbons (Fsp3) is 0.417. The quantitative estimate of drug-likeness (QED) is 0.850. The SMILES string of the molecule is CC(C)(CN)NC(=O)c1ccc(S(=O)(=O)C(F)F)cc1.Cl. The van der Waals surface area contributed by atoms with E-state index in [2.05, 4.69) is 5.32 Å². The summed E-state index contributed by atoms with van der Waals surface area (Å²) in [5, 5.41) is 2.64. The molecule has 120 valence electrons. The smallest absolute Gasteiger partial charge is 0.341 e. The number of halogens is 3. The number of carbonyl (C=O) groups excluding carboxylic acids is 1. The molecular formula is C12H17ClF2N2O3S. The first-order valence-corrected chi connectivity index (χ1v) is 7.29. The monoisotopic (exact) mass is 342 g/mol. The maximum absolute atomic E-state index is 12.3. The molecule has 3 N–H and O–H groups in total. The first-order valence-electron chi connectivity index (χ1n) is 5.75. The Morgan fingerprint density at radius 2 is 1.76 bits per heavy atom. The van der Waals surface area contributed by atoms with Crippen molar-refractivity contribution >= 4 is 28.2 Å². The van der Waals surface area contributed by atoms with E-state index in [-0.39, 0.29) is 24.5 Å². The summed E-state index contributed by atoms with van der Waals surface area (Å²) >= 11 is 0. The molecule has 0 atom stereocenters. The average Bonchev–Trinajstić information content (AvgIpc) is 2.38. The predicted molar refractivity (Wildman–Crippen MR) is 77.5 cm³/mol. The summed E-state index contributed by atoms with van der Waals surface area (Å²) in [5.41, 5.74) is 5.02. The normalized spacial score (nSPS) is 11.9. The molecule has 0 heterocycles. The summed E-state index contributed by atoms with van der Waals surface area (Å²) in [6.07, 6.45) is 0. The molecule has 0 saturated carbocycles. The van der Waals surface area contributed by atoms with Gasteiger partial charge in [0.15, 0.2) is 0 Å². The lowest BCUT2D eigenvalue weighted by Gasteiger charge is -2.24. The second-order valence-electron chi connectivity index (χ2n) is 4.87. The van der Waals surface area contributed by atoms with Gasteiger partial charge in [-0.2, -0.15) is 8.78 Å². The van der Waals surface area contributed by atoms with Crippen LogP contribution in [-0.4, -0.2) is 32.2 Å². The Morgan fingerprint density at radius 1 is 1.29 bits per heavy atom. The van der Waals surface area contributed by atoms with E-state index in [1.807, 2.05) is 0 Å². The minimum absolute atomic E-state index is 0. The van der Waals surface area contributed by atoms with Gasteiger partial charge in [0.1, 0.15) is 0 Å². The number of benzene rings is 1. The molecule has 1 amide bonds. The molecule has 0 radical (unpaired) electrons. The van der Waals surface area contributed by atoms with Gasteiger partial charge < -0.3 is 11.1 Å². The number of alkyl halides is 2. The number of amides is 1. The number of carbonyl (C=O) groups is 1. The molecule has 21 heavy (non-hydrogen) atoms. The van der Waals surface area contributed by atoms with E-state index >= 15 is 0 Å². The minimum Gasteiger partial charge on any atom is -0.346 e.